The van der Waals surface area contributed by atoms with Crippen LogP contribution in [0.2, 0.25) is 0 Å². The number of aromatic nitrogens is 2. The minimum absolute atomic E-state index is 0.184. The Labute approximate surface area is 144 Å². The lowest BCUT2D eigenvalue weighted by atomic mass is 9.90. The van der Waals surface area contributed by atoms with Crippen LogP contribution in [0.15, 0.2) is 29.9 Å². The SMILES string of the molecule is CCCc1nc(C(=O)N2C[C@@H](C(=O)O)[C@H](c3ccncc3)C2)cs1. The highest BCUT2D eigenvalue weighted by Gasteiger charge is 2.41. The maximum Gasteiger partial charge on any atom is 0.308 e. The summed E-state index contributed by atoms with van der Waals surface area (Å²) in [6.45, 7) is 2.67. The molecule has 0 saturated carbocycles. The van der Waals surface area contributed by atoms with Crippen molar-refractivity contribution in [3.05, 3.63) is 46.2 Å². The number of nitrogens with zero attached hydrogens (tertiary/aromatic N) is 3. The van der Waals surface area contributed by atoms with Gasteiger partial charge in [-0.15, -0.1) is 11.3 Å². The molecule has 1 N–H and O–H groups in total. The first kappa shape index (κ1) is 16.6. The number of aliphatic carboxylic acids is 1. The molecule has 1 aliphatic rings. The number of aryl methyl sites for hydroxylation is 1. The van der Waals surface area contributed by atoms with Crippen molar-refractivity contribution in [1.82, 2.24) is 14.9 Å². The Bertz CT molecular complexity index is 732. The lowest BCUT2D eigenvalue weighted by Crippen LogP contribution is -2.30. The van der Waals surface area contributed by atoms with Crippen LogP contribution >= 0.6 is 11.3 Å². The maximum atomic E-state index is 12.7. The Morgan fingerprint density at radius 1 is 1.33 bits per heavy atom. The van der Waals surface area contributed by atoms with Crippen LogP contribution in [0.25, 0.3) is 0 Å². The molecule has 2 atom stereocenters. The van der Waals surface area contributed by atoms with Crippen LogP contribution in [-0.4, -0.2) is 44.9 Å². The van der Waals surface area contributed by atoms with E-state index in [4.69, 9.17) is 0 Å². The van der Waals surface area contributed by atoms with E-state index in [0.717, 1.165) is 23.4 Å². The van der Waals surface area contributed by atoms with Crippen molar-refractivity contribution in [1.29, 1.82) is 0 Å². The van der Waals surface area contributed by atoms with Crippen molar-refractivity contribution >= 4 is 23.2 Å². The van der Waals surface area contributed by atoms with E-state index in [1.54, 1.807) is 22.7 Å². The molecular weight excluding hydrogens is 326 g/mol. The molecule has 2 aromatic heterocycles. The topological polar surface area (TPSA) is 83.4 Å². The Morgan fingerprint density at radius 3 is 2.75 bits per heavy atom. The first-order valence-electron chi connectivity index (χ1n) is 7.96. The molecule has 1 aliphatic heterocycles. The summed E-state index contributed by atoms with van der Waals surface area (Å²) in [7, 11) is 0. The van der Waals surface area contributed by atoms with Crippen molar-refractivity contribution < 1.29 is 14.7 Å². The van der Waals surface area contributed by atoms with E-state index < -0.39 is 11.9 Å². The molecule has 0 bridgehead atoms. The number of amides is 1. The summed E-state index contributed by atoms with van der Waals surface area (Å²) in [4.78, 5) is 34.2. The van der Waals surface area contributed by atoms with Gasteiger partial charge in [0.1, 0.15) is 5.69 Å². The van der Waals surface area contributed by atoms with E-state index in [1.807, 2.05) is 12.1 Å². The number of likely N-dealkylation sites (tertiary alicyclic amines) is 1. The van der Waals surface area contributed by atoms with Crippen LogP contribution in [0, 0.1) is 5.92 Å². The quantitative estimate of drug-likeness (QED) is 0.900. The van der Waals surface area contributed by atoms with Gasteiger partial charge in [-0.25, -0.2) is 4.98 Å². The Balaban J connectivity index is 1.79. The van der Waals surface area contributed by atoms with E-state index in [9.17, 15) is 14.7 Å². The van der Waals surface area contributed by atoms with Crippen LogP contribution < -0.4 is 0 Å². The zero-order valence-electron chi connectivity index (χ0n) is 13.4. The van der Waals surface area contributed by atoms with Crippen LogP contribution in [0.5, 0.6) is 0 Å². The van der Waals surface area contributed by atoms with E-state index >= 15 is 0 Å². The van der Waals surface area contributed by atoms with Gasteiger partial charge in [-0.05, 0) is 30.5 Å². The highest BCUT2D eigenvalue weighted by Crippen LogP contribution is 2.33. The van der Waals surface area contributed by atoms with Gasteiger partial charge in [0, 0.05) is 36.8 Å². The van der Waals surface area contributed by atoms with Gasteiger partial charge >= 0.3 is 5.97 Å². The number of carbonyl (C=O) groups excluding carboxylic acids is 1. The molecule has 1 saturated heterocycles. The predicted octanol–water partition coefficient (Wildman–Crippen LogP) is 2.43. The molecule has 7 heteroatoms. The number of carboxylic acid groups (broad SMARTS) is 1. The average molecular weight is 345 g/mol. The number of carboxylic acids is 1. The molecule has 2 aromatic rings. The minimum Gasteiger partial charge on any atom is -0.481 e. The summed E-state index contributed by atoms with van der Waals surface area (Å²) in [6.07, 6.45) is 5.14. The fourth-order valence-corrected chi connectivity index (χ4v) is 3.94. The fraction of sp³-hybridized carbons (Fsp3) is 0.412. The van der Waals surface area contributed by atoms with Crippen molar-refractivity contribution in [2.24, 2.45) is 5.92 Å². The second kappa shape index (κ2) is 7.09. The number of pyridine rings is 1. The van der Waals surface area contributed by atoms with Gasteiger partial charge in [-0.1, -0.05) is 6.92 Å². The third kappa shape index (κ3) is 3.31. The number of thiazole rings is 1. The van der Waals surface area contributed by atoms with E-state index in [1.165, 1.54) is 11.3 Å². The van der Waals surface area contributed by atoms with Crippen LogP contribution in [0.3, 0.4) is 0 Å². The molecule has 3 rings (SSSR count). The summed E-state index contributed by atoms with van der Waals surface area (Å²) in [5, 5.41) is 12.2. The van der Waals surface area contributed by atoms with Crippen molar-refractivity contribution in [3.8, 4) is 0 Å². The summed E-state index contributed by atoms with van der Waals surface area (Å²) in [6, 6.07) is 3.63. The molecule has 0 spiro atoms. The van der Waals surface area contributed by atoms with Gasteiger partial charge in [-0.3, -0.25) is 14.6 Å². The predicted molar refractivity (Wildman–Crippen MR) is 90.1 cm³/mol. The van der Waals surface area contributed by atoms with E-state index in [2.05, 4.69) is 16.9 Å². The molecule has 126 valence electrons. The molecule has 6 nitrogen and oxygen atoms in total. The molecule has 3 heterocycles. The van der Waals surface area contributed by atoms with Gasteiger partial charge in [0.05, 0.1) is 10.9 Å². The highest BCUT2D eigenvalue weighted by molar-refractivity contribution is 7.09. The monoisotopic (exact) mass is 345 g/mol. The molecule has 0 unspecified atom stereocenters. The van der Waals surface area contributed by atoms with E-state index in [0.29, 0.717) is 12.2 Å². The normalized spacial score (nSPS) is 20.3. The Morgan fingerprint density at radius 2 is 2.08 bits per heavy atom. The molecule has 1 fully saturated rings. The first-order chi connectivity index (χ1) is 11.6. The zero-order chi connectivity index (χ0) is 17.1. The summed E-state index contributed by atoms with van der Waals surface area (Å²) in [5.41, 5.74) is 1.32. The third-order valence-corrected chi connectivity index (χ3v) is 5.20. The largest absolute Gasteiger partial charge is 0.481 e. The molecule has 0 aliphatic carbocycles. The van der Waals surface area contributed by atoms with Gasteiger partial charge < -0.3 is 10.0 Å². The Hall–Kier alpha value is -2.28. The minimum atomic E-state index is -0.878. The molecular formula is C17H19N3O3S. The zero-order valence-corrected chi connectivity index (χ0v) is 14.2. The van der Waals surface area contributed by atoms with Gasteiger partial charge in [0.2, 0.25) is 0 Å². The lowest BCUT2D eigenvalue weighted by molar-refractivity contribution is -0.141. The fourth-order valence-electron chi connectivity index (χ4n) is 3.07. The molecule has 0 aromatic carbocycles. The first-order valence-corrected chi connectivity index (χ1v) is 8.84. The number of carbonyl (C=O) groups is 2. The van der Waals surface area contributed by atoms with Gasteiger partial charge in [-0.2, -0.15) is 0 Å². The van der Waals surface area contributed by atoms with Gasteiger partial charge in [0.15, 0.2) is 0 Å². The van der Waals surface area contributed by atoms with Crippen LogP contribution in [0.1, 0.15) is 40.3 Å². The van der Waals surface area contributed by atoms with Gasteiger partial charge in [0.25, 0.3) is 5.91 Å². The molecule has 1 amide bonds. The second-order valence-electron chi connectivity index (χ2n) is 5.92. The molecule has 24 heavy (non-hydrogen) atoms. The lowest BCUT2D eigenvalue weighted by Gasteiger charge is -2.15. The second-order valence-corrected chi connectivity index (χ2v) is 6.86. The average Bonchev–Trinajstić information content (AvgIpc) is 3.22. The van der Waals surface area contributed by atoms with Crippen LogP contribution in [-0.2, 0) is 11.2 Å². The maximum absolute atomic E-state index is 12.7. The summed E-state index contributed by atoms with van der Waals surface area (Å²) in [5.74, 6) is -1.89. The van der Waals surface area contributed by atoms with E-state index in [-0.39, 0.29) is 18.4 Å². The summed E-state index contributed by atoms with van der Waals surface area (Å²) < 4.78 is 0. The summed E-state index contributed by atoms with van der Waals surface area (Å²) >= 11 is 1.48. The number of hydrogen-bond donors (Lipinski definition) is 1. The number of rotatable bonds is 5. The van der Waals surface area contributed by atoms with Crippen molar-refractivity contribution in [2.75, 3.05) is 13.1 Å². The standard InChI is InChI=1S/C17H19N3O3S/c1-2-3-15-19-14(10-24-15)16(21)20-8-12(13(9-20)17(22)23)11-4-6-18-7-5-11/h4-7,10,12-13H,2-3,8-9H2,1H3,(H,22,23)/t12-,13+/m0/s1. The third-order valence-electron chi connectivity index (χ3n) is 4.29. The number of hydrogen-bond acceptors (Lipinski definition) is 5. The highest BCUT2D eigenvalue weighted by atomic mass is 32.1. The van der Waals surface area contributed by atoms with Crippen LogP contribution in [0.4, 0.5) is 0 Å². The van der Waals surface area contributed by atoms with Crippen molar-refractivity contribution in [2.45, 2.75) is 25.7 Å². The Kier molecular flexibility index (Phi) is 4.89. The van der Waals surface area contributed by atoms with Crippen molar-refractivity contribution in [3.63, 3.8) is 0 Å². The smallest absolute Gasteiger partial charge is 0.308 e. The molecule has 0 radical (unpaired) electrons.